The molecule has 0 bridgehead atoms. The molecule has 224 valence electrons. The van der Waals surface area contributed by atoms with Crippen LogP contribution in [0.1, 0.15) is 130 Å². The van der Waals surface area contributed by atoms with Crippen LogP contribution in [0.25, 0.3) is 11.4 Å². The minimum Gasteiger partial charge on any atom is -0.493 e. The summed E-state index contributed by atoms with van der Waals surface area (Å²) in [5, 5.41) is 9.13. The largest absolute Gasteiger partial charge is 0.493 e. The lowest BCUT2D eigenvalue weighted by Crippen LogP contribution is -2.49. The van der Waals surface area contributed by atoms with Crippen molar-refractivity contribution < 1.29 is 27.8 Å². The summed E-state index contributed by atoms with van der Waals surface area (Å²) in [6.45, 7) is 14.6. The average molecular weight is 558 g/mol. The fraction of sp³-hybridized carbons (Fsp3) is 0.700. The van der Waals surface area contributed by atoms with Gasteiger partial charge in [0.05, 0.1) is 18.1 Å². The van der Waals surface area contributed by atoms with Crippen molar-refractivity contribution in [2.45, 2.75) is 125 Å². The minimum absolute atomic E-state index is 0.0771. The van der Waals surface area contributed by atoms with Crippen LogP contribution in [0.4, 0.5) is 13.2 Å². The van der Waals surface area contributed by atoms with Crippen LogP contribution in [-0.2, 0) is 6.18 Å². The molecule has 6 nitrogen and oxygen atoms in total. The molecule has 39 heavy (non-hydrogen) atoms. The number of amidine groups is 1. The molecule has 2 rings (SSSR count). The van der Waals surface area contributed by atoms with Gasteiger partial charge in [0.1, 0.15) is 5.75 Å². The van der Waals surface area contributed by atoms with Crippen molar-refractivity contribution >= 4 is 5.84 Å². The highest BCUT2D eigenvalue weighted by Gasteiger charge is 2.35. The fourth-order valence-corrected chi connectivity index (χ4v) is 3.50. The van der Waals surface area contributed by atoms with E-state index in [2.05, 4.69) is 30.9 Å². The van der Waals surface area contributed by atoms with Gasteiger partial charge in [-0.05, 0) is 37.5 Å². The Morgan fingerprint density at radius 2 is 1.62 bits per heavy atom. The fourth-order valence-electron chi connectivity index (χ4n) is 3.50. The van der Waals surface area contributed by atoms with Crippen molar-refractivity contribution in [3.63, 3.8) is 0 Å². The number of aromatic nitrogens is 2. The van der Waals surface area contributed by atoms with Gasteiger partial charge in [-0.15, -0.1) is 0 Å². The molecule has 0 aliphatic heterocycles. The van der Waals surface area contributed by atoms with E-state index < -0.39 is 11.7 Å². The molecule has 0 aliphatic rings. The maximum atomic E-state index is 13.6. The van der Waals surface area contributed by atoms with E-state index in [4.69, 9.17) is 20.4 Å². The zero-order valence-corrected chi connectivity index (χ0v) is 25.2. The molecule has 1 heterocycles. The Morgan fingerprint density at radius 1 is 1.00 bits per heavy atom. The van der Waals surface area contributed by atoms with Gasteiger partial charge in [0.25, 0.3) is 0 Å². The molecular weight excluding hydrogens is 505 g/mol. The van der Waals surface area contributed by atoms with Crippen molar-refractivity contribution in [3.05, 3.63) is 29.7 Å². The van der Waals surface area contributed by atoms with Gasteiger partial charge >= 0.3 is 6.18 Å². The molecule has 0 aliphatic carbocycles. The highest BCUT2D eigenvalue weighted by atomic mass is 19.4. The van der Waals surface area contributed by atoms with Gasteiger partial charge in [-0.25, -0.2) is 0 Å². The Kier molecular flexibility index (Phi) is 19.0. The molecule has 2 atom stereocenters. The van der Waals surface area contributed by atoms with Gasteiger partial charge in [-0.2, -0.15) is 18.2 Å². The number of halogens is 3. The summed E-state index contributed by atoms with van der Waals surface area (Å²) < 4.78 is 51.5. The van der Waals surface area contributed by atoms with Gasteiger partial charge < -0.3 is 9.26 Å². The number of ether oxygens (including phenoxy) is 1. The van der Waals surface area contributed by atoms with Gasteiger partial charge in [-0.3, -0.25) is 11.1 Å². The Labute approximate surface area is 233 Å². The highest BCUT2D eigenvalue weighted by Crippen LogP contribution is 2.38. The predicted molar refractivity (Wildman–Crippen MR) is 153 cm³/mol. The Morgan fingerprint density at radius 3 is 2.15 bits per heavy atom. The van der Waals surface area contributed by atoms with Crippen LogP contribution < -0.4 is 15.9 Å². The van der Waals surface area contributed by atoms with Crippen LogP contribution in [0.3, 0.4) is 0 Å². The Hall–Kier alpha value is -2.58. The molecule has 0 amide bonds. The van der Waals surface area contributed by atoms with Crippen molar-refractivity contribution in [1.29, 1.82) is 0 Å². The van der Waals surface area contributed by atoms with Gasteiger partial charge in [-0.1, -0.05) is 98.6 Å². The first-order valence-corrected chi connectivity index (χ1v) is 14.6. The zero-order valence-electron chi connectivity index (χ0n) is 25.2. The standard InChI is InChI=1S/C23H33F3N2O2.C5H12N2.C2H6/c1-4-6-8-9-10-11-15-29-20-14-13-18(16-19(20)23(24,25)26)21-27-22(30-28-21)17(3)12-7-5-2;1-3-4(2)5(6)7;1-2/h13-14,16-17H,4-12,15H2,1-3H3;4H,3H2,1-2H3,(H3,6,7);1-2H3/p+1. The van der Waals surface area contributed by atoms with Crippen LogP contribution in [0.2, 0.25) is 0 Å². The number of alkyl halides is 3. The molecular formula is C30H52F3N4O2+. The molecule has 1 aromatic heterocycles. The van der Waals surface area contributed by atoms with E-state index >= 15 is 0 Å². The van der Waals surface area contributed by atoms with Gasteiger partial charge in [0.15, 0.2) is 0 Å². The Bertz CT molecular complexity index is 916. The van der Waals surface area contributed by atoms with E-state index in [-0.39, 0.29) is 29.7 Å². The number of benzene rings is 1. The van der Waals surface area contributed by atoms with Crippen molar-refractivity contribution in [1.82, 2.24) is 10.1 Å². The monoisotopic (exact) mass is 557 g/mol. The Balaban J connectivity index is 0.00000139. The summed E-state index contributed by atoms with van der Waals surface area (Å²) in [6, 6.07) is 3.95. The van der Waals surface area contributed by atoms with E-state index in [0.717, 1.165) is 63.9 Å². The molecule has 0 fully saturated rings. The van der Waals surface area contributed by atoms with Crippen LogP contribution in [0, 0.1) is 5.92 Å². The number of unbranched alkanes of at least 4 members (excludes halogenated alkanes) is 6. The van der Waals surface area contributed by atoms with Crippen molar-refractivity contribution in [2.24, 2.45) is 11.7 Å². The number of hydrogen-bond acceptors (Lipinski definition) is 4. The van der Waals surface area contributed by atoms with Crippen molar-refractivity contribution in [3.8, 4) is 17.1 Å². The van der Waals surface area contributed by atoms with E-state index in [9.17, 15) is 13.2 Å². The number of rotatable bonds is 15. The highest BCUT2D eigenvalue weighted by molar-refractivity contribution is 5.76. The lowest BCUT2D eigenvalue weighted by Gasteiger charge is -2.14. The van der Waals surface area contributed by atoms with E-state index in [0.29, 0.717) is 17.6 Å². The smallest absolute Gasteiger partial charge is 0.419 e. The maximum Gasteiger partial charge on any atom is 0.419 e. The van der Waals surface area contributed by atoms with Crippen LogP contribution in [0.15, 0.2) is 22.7 Å². The van der Waals surface area contributed by atoms with Crippen LogP contribution >= 0.6 is 0 Å². The predicted octanol–water partition coefficient (Wildman–Crippen LogP) is 7.96. The summed E-state index contributed by atoms with van der Waals surface area (Å²) in [4.78, 5) is 4.31. The SMILES string of the molecule is CC.CCC(C)C(N)=[NH2+].CCCCCCCCOc1ccc(-c2noc(C(C)CCCC)n2)cc1C(F)(F)F. The van der Waals surface area contributed by atoms with Gasteiger partial charge in [0.2, 0.25) is 17.6 Å². The van der Waals surface area contributed by atoms with Gasteiger partial charge in [0, 0.05) is 11.5 Å². The normalized spacial score (nSPS) is 12.5. The molecule has 9 heteroatoms. The lowest BCUT2D eigenvalue weighted by molar-refractivity contribution is -0.139. The minimum atomic E-state index is -4.52. The lowest BCUT2D eigenvalue weighted by atomic mass is 10.0. The summed E-state index contributed by atoms with van der Waals surface area (Å²) in [5.74, 6) is 1.47. The second-order valence-corrected chi connectivity index (χ2v) is 9.63. The summed E-state index contributed by atoms with van der Waals surface area (Å²) in [5.41, 5.74) is 4.70. The second kappa shape index (κ2) is 20.3. The molecule has 2 unspecified atom stereocenters. The first kappa shape index (κ1) is 36.4. The topological polar surface area (TPSA) is 99.8 Å². The summed E-state index contributed by atoms with van der Waals surface area (Å²) in [6.07, 6.45) is 5.79. The number of hydrogen-bond donors (Lipinski definition) is 2. The second-order valence-electron chi connectivity index (χ2n) is 9.63. The molecule has 0 radical (unpaired) electrons. The van der Waals surface area contributed by atoms with Crippen molar-refractivity contribution in [2.75, 3.05) is 6.61 Å². The third-order valence-corrected chi connectivity index (χ3v) is 6.33. The third-order valence-electron chi connectivity index (χ3n) is 6.33. The average Bonchev–Trinajstić information content (AvgIpc) is 3.42. The van der Waals surface area contributed by atoms with E-state index in [1.165, 1.54) is 12.5 Å². The zero-order chi connectivity index (χ0) is 29.8. The number of nitrogens with zero attached hydrogens (tertiary/aromatic N) is 2. The quantitative estimate of drug-likeness (QED) is 0.131. The van der Waals surface area contributed by atoms with Crippen LogP contribution in [0.5, 0.6) is 5.75 Å². The molecule has 0 saturated heterocycles. The molecule has 4 N–H and O–H groups in total. The number of nitrogens with two attached hydrogens (primary N) is 2. The maximum absolute atomic E-state index is 13.6. The molecule has 1 aromatic carbocycles. The molecule has 2 aromatic rings. The molecule has 0 saturated carbocycles. The first-order valence-electron chi connectivity index (χ1n) is 14.6. The summed E-state index contributed by atoms with van der Waals surface area (Å²) >= 11 is 0. The van der Waals surface area contributed by atoms with E-state index in [1.54, 1.807) is 6.07 Å². The first-order chi connectivity index (χ1) is 18.5. The molecule has 0 spiro atoms. The van der Waals surface area contributed by atoms with Crippen LogP contribution in [-0.4, -0.2) is 22.6 Å². The third kappa shape index (κ3) is 14.4. The van der Waals surface area contributed by atoms with E-state index in [1.807, 2.05) is 27.7 Å². The summed E-state index contributed by atoms with van der Waals surface area (Å²) in [7, 11) is 0.